The van der Waals surface area contributed by atoms with Gasteiger partial charge < -0.3 is 20.8 Å². The van der Waals surface area contributed by atoms with E-state index < -0.39 is 0 Å². The molecule has 2 rings (SSSR count). The fraction of sp³-hybridized carbons (Fsp3) is 0.417. The molecule has 0 aliphatic carbocycles. The summed E-state index contributed by atoms with van der Waals surface area (Å²) < 4.78 is 5.27. The fourth-order valence-electron chi connectivity index (χ4n) is 1.85. The smallest absolute Gasteiger partial charge is 0.181 e. The Balaban J connectivity index is 2.02. The van der Waals surface area contributed by atoms with E-state index in [1.807, 2.05) is 19.2 Å². The highest BCUT2D eigenvalue weighted by atomic mass is 16.3. The molecule has 17 heavy (non-hydrogen) atoms. The van der Waals surface area contributed by atoms with Gasteiger partial charge in [0.2, 0.25) is 0 Å². The number of hydrogen-bond acceptors (Lipinski definition) is 5. The number of oxazole rings is 1. The van der Waals surface area contributed by atoms with Crippen molar-refractivity contribution in [2.45, 2.75) is 12.6 Å². The zero-order valence-corrected chi connectivity index (χ0v) is 9.97. The Morgan fingerprint density at radius 2 is 2.29 bits per heavy atom. The molecule has 0 bridgehead atoms. The topological polar surface area (TPSA) is 81.3 Å². The zero-order valence-electron chi connectivity index (χ0n) is 9.97. The Hall–Kier alpha value is -1.43. The third-order valence-electron chi connectivity index (χ3n) is 2.70. The second-order valence-electron chi connectivity index (χ2n) is 4.35. The molecule has 0 saturated carbocycles. The maximum absolute atomic E-state index is 5.81. The lowest BCUT2D eigenvalue weighted by Crippen LogP contribution is -2.40. The molecule has 0 aliphatic rings. The minimum absolute atomic E-state index is 0.0222. The van der Waals surface area contributed by atoms with Crippen molar-refractivity contribution >= 4 is 11.1 Å². The number of rotatable bonds is 5. The predicted octanol–water partition coefficient (Wildman–Crippen LogP) is 0.546. The van der Waals surface area contributed by atoms with Crippen LogP contribution in [0.5, 0.6) is 0 Å². The predicted molar refractivity (Wildman–Crippen MR) is 67.4 cm³/mol. The van der Waals surface area contributed by atoms with Crippen LogP contribution in [0.3, 0.4) is 0 Å². The SMILES string of the molecule is CN(Cc1ccc2ncoc2c1)CC(N)CN. The minimum Gasteiger partial charge on any atom is -0.443 e. The summed E-state index contributed by atoms with van der Waals surface area (Å²) in [6.45, 7) is 2.11. The number of benzene rings is 1. The lowest BCUT2D eigenvalue weighted by atomic mass is 10.2. The normalized spacial score (nSPS) is 13.4. The van der Waals surface area contributed by atoms with Gasteiger partial charge in [-0.05, 0) is 24.7 Å². The van der Waals surface area contributed by atoms with Gasteiger partial charge in [-0.25, -0.2) is 4.98 Å². The van der Waals surface area contributed by atoms with Crippen molar-refractivity contribution in [3.8, 4) is 0 Å². The van der Waals surface area contributed by atoms with Crippen LogP contribution in [0.4, 0.5) is 0 Å². The number of fused-ring (bicyclic) bond motifs is 1. The van der Waals surface area contributed by atoms with Crippen molar-refractivity contribution < 1.29 is 4.42 Å². The van der Waals surface area contributed by atoms with E-state index in [-0.39, 0.29) is 6.04 Å². The highest BCUT2D eigenvalue weighted by Crippen LogP contribution is 2.15. The van der Waals surface area contributed by atoms with E-state index in [4.69, 9.17) is 15.9 Å². The molecular formula is C12H18N4O. The molecule has 5 heteroatoms. The van der Waals surface area contributed by atoms with Crippen LogP contribution in [-0.4, -0.2) is 36.1 Å². The van der Waals surface area contributed by atoms with Gasteiger partial charge in [-0.1, -0.05) is 6.07 Å². The van der Waals surface area contributed by atoms with Crippen LogP contribution in [0.15, 0.2) is 29.0 Å². The molecule has 92 valence electrons. The van der Waals surface area contributed by atoms with Crippen LogP contribution in [-0.2, 0) is 6.54 Å². The molecule has 1 atom stereocenters. The van der Waals surface area contributed by atoms with Crippen LogP contribution < -0.4 is 11.5 Å². The molecule has 5 nitrogen and oxygen atoms in total. The summed E-state index contributed by atoms with van der Waals surface area (Å²) in [6.07, 6.45) is 1.46. The van der Waals surface area contributed by atoms with E-state index in [2.05, 4.69) is 16.0 Å². The average Bonchev–Trinajstić information content (AvgIpc) is 2.75. The Morgan fingerprint density at radius 1 is 1.47 bits per heavy atom. The Morgan fingerprint density at radius 3 is 3.06 bits per heavy atom. The largest absolute Gasteiger partial charge is 0.443 e. The van der Waals surface area contributed by atoms with E-state index in [9.17, 15) is 0 Å². The first kappa shape index (κ1) is 12.0. The van der Waals surface area contributed by atoms with Crippen molar-refractivity contribution in [3.63, 3.8) is 0 Å². The van der Waals surface area contributed by atoms with Crippen molar-refractivity contribution in [2.24, 2.45) is 11.5 Å². The standard InChI is InChI=1S/C12H18N4O/c1-16(7-10(14)5-13)6-9-2-3-11-12(4-9)17-8-15-11/h2-4,8,10H,5-7,13-14H2,1H3. The van der Waals surface area contributed by atoms with Crippen LogP contribution in [0.1, 0.15) is 5.56 Å². The highest BCUT2D eigenvalue weighted by Gasteiger charge is 2.07. The zero-order chi connectivity index (χ0) is 12.3. The molecule has 0 fully saturated rings. The molecule has 0 radical (unpaired) electrons. The Kier molecular flexibility index (Phi) is 3.73. The van der Waals surface area contributed by atoms with Crippen LogP contribution >= 0.6 is 0 Å². The lowest BCUT2D eigenvalue weighted by molar-refractivity contribution is 0.305. The Bertz CT molecular complexity index is 482. The van der Waals surface area contributed by atoms with Gasteiger partial charge in [0.1, 0.15) is 5.52 Å². The summed E-state index contributed by atoms with van der Waals surface area (Å²) in [5.74, 6) is 0. The molecule has 1 unspecified atom stereocenters. The summed E-state index contributed by atoms with van der Waals surface area (Å²) in [6, 6.07) is 6.04. The van der Waals surface area contributed by atoms with E-state index in [0.29, 0.717) is 6.54 Å². The van der Waals surface area contributed by atoms with Gasteiger partial charge in [-0.3, -0.25) is 0 Å². The first-order valence-electron chi connectivity index (χ1n) is 5.65. The van der Waals surface area contributed by atoms with Crippen molar-refractivity contribution in [2.75, 3.05) is 20.1 Å². The second kappa shape index (κ2) is 5.27. The first-order chi connectivity index (χ1) is 8.19. The molecule has 0 spiro atoms. The van der Waals surface area contributed by atoms with Gasteiger partial charge in [0.05, 0.1) is 0 Å². The van der Waals surface area contributed by atoms with E-state index in [1.54, 1.807) is 0 Å². The van der Waals surface area contributed by atoms with Gasteiger partial charge in [0.15, 0.2) is 12.0 Å². The molecule has 2 aromatic rings. The van der Waals surface area contributed by atoms with Crippen molar-refractivity contribution in [3.05, 3.63) is 30.2 Å². The maximum atomic E-state index is 5.81. The summed E-state index contributed by atoms with van der Waals surface area (Å²) in [7, 11) is 2.03. The van der Waals surface area contributed by atoms with Crippen LogP contribution in [0.2, 0.25) is 0 Å². The van der Waals surface area contributed by atoms with Gasteiger partial charge >= 0.3 is 0 Å². The molecule has 0 amide bonds. The molecular weight excluding hydrogens is 216 g/mol. The Labute approximate surface area is 100 Å². The molecule has 1 heterocycles. The lowest BCUT2D eigenvalue weighted by Gasteiger charge is -2.20. The second-order valence-corrected chi connectivity index (χ2v) is 4.35. The summed E-state index contributed by atoms with van der Waals surface area (Å²) in [4.78, 5) is 6.23. The quantitative estimate of drug-likeness (QED) is 0.789. The van der Waals surface area contributed by atoms with E-state index >= 15 is 0 Å². The number of likely N-dealkylation sites (N-methyl/N-ethyl adjacent to an activating group) is 1. The first-order valence-corrected chi connectivity index (χ1v) is 5.65. The minimum atomic E-state index is 0.0222. The van der Waals surface area contributed by atoms with Gasteiger partial charge in [0, 0.05) is 25.7 Å². The third kappa shape index (κ3) is 3.03. The van der Waals surface area contributed by atoms with Crippen LogP contribution in [0, 0.1) is 0 Å². The van der Waals surface area contributed by atoms with E-state index in [0.717, 1.165) is 24.2 Å². The van der Waals surface area contributed by atoms with Crippen molar-refractivity contribution in [1.29, 1.82) is 0 Å². The van der Waals surface area contributed by atoms with Crippen molar-refractivity contribution in [1.82, 2.24) is 9.88 Å². The molecule has 0 aliphatic heterocycles. The number of hydrogen-bond donors (Lipinski definition) is 2. The highest BCUT2D eigenvalue weighted by molar-refractivity contribution is 5.72. The summed E-state index contributed by atoms with van der Waals surface area (Å²) in [5, 5.41) is 0. The molecule has 4 N–H and O–H groups in total. The van der Waals surface area contributed by atoms with E-state index in [1.165, 1.54) is 12.0 Å². The summed E-state index contributed by atoms with van der Waals surface area (Å²) in [5.41, 5.74) is 14.2. The number of nitrogens with two attached hydrogens (primary N) is 2. The van der Waals surface area contributed by atoms with Gasteiger partial charge in [-0.15, -0.1) is 0 Å². The molecule has 1 aromatic carbocycles. The molecule has 1 aromatic heterocycles. The van der Waals surface area contributed by atoms with Gasteiger partial charge in [0.25, 0.3) is 0 Å². The maximum Gasteiger partial charge on any atom is 0.181 e. The fourth-order valence-corrected chi connectivity index (χ4v) is 1.85. The summed E-state index contributed by atoms with van der Waals surface area (Å²) >= 11 is 0. The van der Waals surface area contributed by atoms with Gasteiger partial charge in [-0.2, -0.15) is 0 Å². The number of nitrogens with zero attached hydrogens (tertiary/aromatic N) is 2. The third-order valence-corrected chi connectivity index (χ3v) is 2.70. The van der Waals surface area contributed by atoms with Crippen LogP contribution in [0.25, 0.3) is 11.1 Å². The average molecular weight is 234 g/mol. The monoisotopic (exact) mass is 234 g/mol. The number of aromatic nitrogens is 1. The molecule has 0 saturated heterocycles.